The molecule has 0 fully saturated rings. The van der Waals surface area contributed by atoms with E-state index >= 15 is 0 Å². The molecule has 0 atom stereocenters. The van der Waals surface area contributed by atoms with Crippen molar-refractivity contribution in [3.63, 3.8) is 0 Å². The van der Waals surface area contributed by atoms with Crippen molar-refractivity contribution >= 4 is 21.6 Å². The molecule has 1 rings (SSSR count). The number of hydrogen-bond acceptors (Lipinski definition) is 3. The first-order valence-electron chi connectivity index (χ1n) is 7.37. The highest BCUT2D eigenvalue weighted by Crippen LogP contribution is 2.25. The molecule has 0 unspecified atom stereocenters. The Kier molecular flexibility index (Phi) is 7.13. The number of nitrogens with one attached hydrogen (secondary N) is 2. The van der Waals surface area contributed by atoms with Crippen LogP contribution in [0.5, 0.6) is 0 Å². The lowest BCUT2D eigenvalue weighted by Crippen LogP contribution is -2.34. The van der Waals surface area contributed by atoms with Crippen LogP contribution < -0.4 is 10.0 Å². The molecule has 6 heteroatoms. The lowest BCUT2D eigenvalue weighted by Gasteiger charge is -2.18. The average molecular weight is 333 g/mol. The first-order valence-corrected chi connectivity index (χ1v) is 9.23. The lowest BCUT2D eigenvalue weighted by molar-refractivity contribution is 0.529. The molecule has 4 nitrogen and oxygen atoms in total. The van der Waals surface area contributed by atoms with Gasteiger partial charge in [0.15, 0.2) is 0 Å². The van der Waals surface area contributed by atoms with Gasteiger partial charge in [0.25, 0.3) is 0 Å². The van der Waals surface area contributed by atoms with Crippen LogP contribution in [0.3, 0.4) is 0 Å². The first kappa shape index (κ1) is 18.4. The van der Waals surface area contributed by atoms with Crippen LogP contribution in [0.2, 0.25) is 5.02 Å². The van der Waals surface area contributed by atoms with Gasteiger partial charge in [-0.1, -0.05) is 32.4 Å². The molecule has 21 heavy (non-hydrogen) atoms. The minimum Gasteiger partial charge on any atom is -0.313 e. The van der Waals surface area contributed by atoms with Crippen LogP contribution in [0.25, 0.3) is 0 Å². The minimum absolute atomic E-state index is 0.0504. The molecule has 0 spiro atoms. The zero-order valence-electron chi connectivity index (χ0n) is 13.2. The Hall–Kier alpha value is -0.620. The molecule has 0 saturated carbocycles. The average Bonchev–Trinajstić information content (AvgIpc) is 2.45. The Balaban J connectivity index is 3.19. The summed E-state index contributed by atoms with van der Waals surface area (Å²) in [6.45, 7) is 9.20. The number of sulfonamides is 1. The zero-order valence-corrected chi connectivity index (χ0v) is 14.7. The summed E-state index contributed by atoms with van der Waals surface area (Å²) in [6.07, 6.45) is 1.53. The third-order valence-corrected chi connectivity index (χ3v) is 5.46. The van der Waals surface area contributed by atoms with E-state index in [0.717, 1.165) is 30.5 Å². The number of hydrogen-bond donors (Lipinski definition) is 2. The van der Waals surface area contributed by atoms with Gasteiger partial charge in [0, 0.05) is 17.6 Å². The zero-order chi connectivity index (χ0) is 16.0. The van der Waals surface area contributed by atoms with Gasteiger partial charge >= 0.3 is 0 Å². The molecule has 0 heterocycles. The van der Waals surface area contributed by atoms with Crippen LogP contribution in [0, 0.1) is 6.92 Å². The molecule has 0 bridgehead atoms. The van der Waals surface area contributed by atoms with E-state index in [9.17, 15) is 8.42 Å². The predicted molar refractivity (Wildman–Crippen MR) is 88.3 cm³/mol. The second kappa shape index (κ2) is 8.13. The standard InChI is InChI=1S/C15H25ClN2O2S/c1-5-14(6-2)18-21(19,20)15-9-13(16)8-12(11(15)4)10-17-7-3/h8-9,14,17-18H,5-7,10H2,1-4H3. The molecule has 0 saturated heterocycles. The fourth-order valence-electron chi connectivity index (χ4n) is 2.17. The Labute approximate surface area is 133 Å². The first-order chi connectivity index (χ1) is 9.85. The summed E-state index contributed by atoms with van der Waals surface area (Å²) < 4.78 is 27.9. The van der Waals surface area contributed by atoms with Crippen molar-refractivity contribution in [3.05, 3.63) is 28.3 Å². The van der Waals surface area contributed by atoms with Crippen molar-refractivity contribution in [2.24, 2.45) is 0 Å². The van der Waals surface area contributed by atoms with Crippen LogP contribution in [-0.4, -0.2) is 21.0 Å². The molecular formula is C15H25ClN2O2S. The SMILES string of the molecule is CCNCc1cc(Cl)cc(S(=O)(=O)NC(CC)CC)c1C. The van der Waals surface area contributed by atoms with Gasteiger partial charge in [0.05, 0.1) is 4.90 Å². The largest absolute Gasteiger partial charge is 0.313 e. The van der Waals surface area contributed by atoms with E-state index in [-0.39, 0.29) is 10.9 Å². The fourth-order valence-corrected chi connectivity index (χ4v) is 4.19. The van der Waals surface area contributed by atoms with Crippen LogP contribution in [0.4, 0.5) is 0 Å². The molecule has 0 aliphatic rings. The monoisotopic (exact) mass is 332 g/mol. The molecule has 0 radical (unpaired) electrons. The summed E-state index contributed by atoms with van der Waals surface area (Å²) >= 11 is 6.09. The topological polar surface area (TPSA) is 58.2 Å². The van der Waals surface area contributed by atoms with E-state index < -0.39 is 10.0 Å². The predicted octanol–water partition coefficient (Wildman–Crippen LogP) is 3.22. The van der Waals surface area contributed by atoms with Crippen molar-refractivity contribution < 1.29 is 8.42 Å². The number of benzene rings is 1. The molecule has 0 aliphatic carbocycles. The second-order valence-electron chi connectivity index (χ2n) is 5.10. The van der Waals surface area contributed by atoms with E-state index in [1.807, 2.05) is 33.8 Å². The molecule has 120 valence electrons. The van der Waals surface area contributed by atoms with Crippen molar-refractivity contribution in [2.45, 2.75) is 58.0 Å². The van der Waals surface area contributed by atoms with Gasteiger partial charge in [0.2, 0.25) is 10.0 Å². The van der Waals surface area contributed by atoms with Crippen molar-refractivity contribution in [1.82, 2.24) is 10.0 Å². The molecular weight excluding hydrogens is 308 g/mol. The highest BCUT2D eigenvalue weighted by molar-refractivity contribution is 7.89. The van der Waals surface area contributed by atoms with E-state index in [0.29, 0.717) is 11.6 Å². The van der Waals surface area contributed by atoms with Crippen LogP contribution in [0.15, 0.2) is 17.0 Å². The van der Waals surface area contributed by atoms with E-state index in [4.69, 9.17) is 11.6 Å². The molecule has 0 aliphatic heterocycles. The summed E-state index contributed by atoms with van der Waals surface area (Å²) in [7, 11) is -3.55. The minimum atomic E-state index is -3.55. The van der Waals surface area contributed by atoms with Gasteiger partial charge in [-0.3, -0.25) is 0 Å². The van der Waals surface area contributed by atoms with E-state index in [1.165, 1.54) is 6.07 Å². The maximum Gasteiger partial charge on any atom is 0.241 e. The second-order valence-corrected chi connectivity index (χ2v) is 7.22. The maximum atomic E-state index is 12.6. The Morgan fingerprint density at radius 2 is 1.81 bits per heavy atom. The van der Waals surface area contributed by atoms with Gasteiger partial charge in [-0.25, -0.2) is 13.1 Å². The highest BCUT2D eigenvalue weighted by Gasteiger charge is 2.22. The van der Waals surface area contributed by atoms with Crippen LogP contribution in [-0.2, 0) is 16.6 Å². The van der Waals surface area contributed by atoms with Crippen LogP contribution >= 0.6 is 11.6 Å². The van der Waals surface area contributed by atoms with Gasteiger partial charge < -0.3 is 5.32 Å². The van der Waals surface area contributed by atoms with Crippen molar-refractivity contribution in [3.8, 4) is 0 Å². The van der Waals surface area contributed by atoms with E-state index in [1.54, 1.807) is 0 Å². The molecule has 2 N–H and O–H groups in total. The van der Waals surface area contributed by atoms with Crippen molar-refractivity contribution in [1.29, 1.82) is 0 Å². The summed E-state index contributed by atoms with van der Waals surface area (Å²) in [5.41, 5.74) is 1.66. The normalized spacial score (nSPS) is 12.1. The van der Waals surface area contributed by atoms with Gasteiger partial charge in [-0.15, -0.1) is 0 Å². The summed E-state index contributed by atoms with van der Waals surface area (Å²) in [5, 5.41) is 3.64. The lowest BCUT2D eigenvalue weighted by atomic mass is 10.1. The van der Waals surface area contributed by atoms with Crippen LogP contribution in [0.1, 0.15) is 44.7 Å². The third kappa shape index (κ3) is 4.95. The molecule has 0 aromatic heterocycles. The molecule has 0 amide bonds. The molecule has 1 aromatic carbocycles. The Morgan fingerprint density at radius 3 is 2.33 bits per heavy atom. The smallest absolute Gasteiger partial charge is 0.241 e. The van der Waals surface area contributed by atoms with Gasteiger partial charge in [-0.2, -0.15) is 0 Å². The maximum absolute atomic E-state index is 12.6. The van der Waals surface area contributed by atoms with E-state index in [2.05, 4.69) is 10.0 Å². The van der Waals surface area contributed by atoms with Gasteiger partial charge in [-0.05, 0) is 49.6 Å². The quantitative estimate of drug-likeness (QED) is 0.768. The summed E-state index contributed by atoms with van der Waals surface area (Å²) in [5.74, 6) is 0. The summed E-state index contributed by atoms with van der Waals surface area (Å²) in [6, 6.07) is 3.29. The fraction of sp³-hybridized carbons (Fsp3) is 0.600. The number of halogens is 1. The number of rotatable bonds is 8. The van der Waals surface area contributed by atoms with Gasteiger partial charge in [0.1, 0.15) is 0 Å². The highest BCUT2D eigenvalue weighted by atomic mass is 35.5. The Morgan fingerprint density at radius 1 is 1.19 bits per heavy atom. The molecule has 1 aromatic rings. The van der Waals surface area contributed by atoms with Crippen molar-refractivity contribution in [2.75, 3.05) is 6.54 Å². The Bertz CT molecular complexity index is 569. The third-order valence-electron chi connectivity index (χ3n) is 3.59. The summed E-state index contributed by atoms with van der Waals surface area (Å²) in [4.78, 5) is 0.273.